The number of aryl methyl sites for hydroxylation is 3. The number of carbonyl (C=O) groups excluding carboxylic acids is 1. The average molecular weight is 333 g/mol. The molecule has 0 aliphatic rings. The Morgan fingerprint density at radius 2 is 2.08 bits per heavy atom. The van der Waals surface area contributed by atoms with Gasteiger partial charge in [-0.25, -0.2) is 0 Å². The summed E-state index contributed by atoms with van der Waals surface area (Å²) in [5.41, 5.74) is 2.45. The van der Waals surface area contributed by atoms with Crippen LogP contribution in [0.2, 0.25) is 0 Å². The molecular formula is C17H23N3O4. The minimum atomic E-state index is -0.142. The molecule has 2 aromatic heterocycles. The van der Waals surface area contributed by atoms with Crippen LogP contribution < -0.4 is 15.6 Å². The highest BCUT2D eigenvalue weighted by Crippen LogP contribution is 2.14. The van der Waals surface area contributed by atoms with Crippen molar-refractivity contribution in [2.24, 2.45) is 0 Å². The fourth-order valence-corrected chi connectivity index (χ4v) is 2.60. The van der Waals surface area contributed by atoms with Gasteiger partial charge in [-0.2, -0.15) is 0 Å². The van der Waals surface area contributed by atoms with Crippen molar-refractivity contribution in [1.82, 2.24) is 15.0 Å². The largest absolute Gasteiger partial charge is 0.496 e. The molecule has 0 bridgehead atoms. The first kappa shape index (κ1) is 17.8. The molecule has 7 heteroatoms. The second-order valence-corrected chi connectivity index (χ2v) is 5.68. The first-order valence-electron chi connectivity index (χ1n) is 7.86. The van der Waals surface area contributed by atoms with Crippen molar-refractivity contribution < 1.29 is 14.1 Å². The van der Waals surface area contributed by atoms with Crippen LogP contribution in [0.3, 0.4) is 0 Å². The van der Waals surface area contributed by atoms with E-state index in [-0.39, 0.29) is 11.5 Å². The Hall–Kier alpha value is -2.57. The maximum absolute atomic E-state index is 12.0. The maximum atomic E-state index is 12.0. The molecule has 0 atom stereocenters. The van der Waals surface area contributed by atoms with E-state index in [4.69, 9.17) is 9.26 Å². The predicted octanol–water partition coefficient (Wildman–Crippen LogP) is 1.52. The second-order valence-electron chi connectivity index (χ2n) is 5.68. The highest BCUT2D eigenvalue weighted by atomic mass is 16.5. The molecular weight excluding hydrogens is 310 g/mol. The molecule has 0 spiro atoms. The van der Waals surface area contributed by atoms with Crippen molar-refractivity contribution >= 4 is 5.91 Å². The molecule has 2 aromatic rings. The van der Waals surface area contributed by atoms with Gasteiger partial charge >= 0.3 is 0 Å². The average Bonchev–Trinajstić information content (AvgIpc) is 2.86. The lowest BCUT2D eigenvalue weighted by molar-refractivity contribution is -0.121. The number of nitrogens with zero attached hydrogens (tertiary/aromatic N) is 2. The van der Waals surface area contributed by atoms with E-state index in [2.05, 4.69) is 10.5 Å². The molecule has 2 rings (SSSR count). The topological polar surface area (TPSA) is 86.4 Å². The number of carbonyl (C=O) groups is 1. The van der Waals surface area contributed by atoms with Gasteiger partial charge in [0.15, 0.2) is 0 Å². The van der Waals surface area contributed by atoms with Gasteiger partial charge in [0.2, 0.25) is 5.91 Å². The Kier molecular flexibility index (Phi) is 5.78. The summed E-state index contributed by atoms with van der Waals surface area (Å²) in [6.07, 6.45) is 0.952. The minimum Gasteiger partial charge on any atom is -0.496 e. The zero-order chi connectivity index (χ0) is 17.7. The molecule has 24 heavy (non-hydrogen) atoms. The number of hydrogen-bond donors (Lipinski definition) is 1. The second kappa shape index (κ2) is 7.81. The fourth-order valence-electron chi connectivity index (χ4n) is 2.60. The quantitative estimate of drug-likeness (QED) is 0.830. The van der Waals surface area contributed by atoms with Crippen LogP contribution >= 0.6 is 0 Å². The molecule has 0 fully saturated rings. The number of methoxy groups -OCH3 is 1. The minimum absolute atomic E-state index is 0.0609. The molecule has 0 unspecified atom stereocenters. The van der Waals surface area contributed by atoms with Crippen LogP contribution in [0, 0.1) is 20.8 Å². The van der Waals surface area contributed by atoms with Gasteiger partial charge in [0.05, 0.1) is 12.8 Å². The number of hydrogen-bond acceptors (Lipinski definition) is 5. The van der Waals surface area contributed by atoms with Crippen molar-refractivity contribution in [3.05, 3.63) is 45.2 Å². The van der Waals surface area contributed by atoms with Crippen LogP contribution in [0.15, 0.2) is 21.5 Å². The van der Waals surface area contributed by atoms with Crippen LogP contribution in [0.4, 0.5) is 0 Å². The molecule has 0 aliphatic heterocycles. The van der Waals surface area contributed by atoms with Crippen LogP contribution in [0.5, 0.6) is 5.75 Å². The van der Waals surface area contributed by atoms with Crippen LogP contribution in [0.25, 0.3) is 0 Å². The summed E-state index contributed by atoms with van der Waals surface area (Å²) in [4.78, 5) is 24.0. The van der Waals surface area contributed by atoms with E-state index in [0.717, 1.165) is 22.7 Å². The molecule has 1 N–H and O–H groups in total. The van der Waals surface area contributed by atoms with Gasteiger partial charge in [-0.1, -0.05) is 5.16 Å². The number of ether oxygens (including phenoxy) is 1. The first-order chi connectivity index (χ1) is 11.4. The van der Waals surface area contributed by atoms with E-state index < -0.39 is 0 Å². The van der Waals surface area contributed by atoms with E-state index in [1.54, 1.807) is 10.6 Å². The SMILES string of the molecule is COc1cc(C)n(CCNC(=O)CCc2c(C)noc2C)c(=O)c1. The number of amides is 1. The summed E-state index contributed by atoms with van der Waals surface area (Å²) in [5, 5.41) is 6.71. The van der Waals surface area contributed by atoms with Gasteiger partial charge < -0.3 is 19.1 Å². The molecule has 2 heterocycles. The number of nitrogens with one attached hydrogen (secondary N) is 1. The standard InChI is InChI=1S/C17H23N3O4/c1-11-9-14(23-4)10-17(22)20(11)8-7-18-16(21)6-5-15-12(2)19-24-13(15)3/h9-10H,5-8H2,1-4H3,(H,18,21). The molecule has 0 saturated carbocycles. The lowest BCUT2D eigenvalue weighted by atomic mass is 10.1. The van der Waals surface area contributed by atoms with Crippen LogP contribution in [-0.2, 0) is 17.8 Å². The number of rotatable bonds is 7. The molecule has 0 aromatic carbocycles. The molecule has 130 valence electrons. The summed E-state index contributed by atoms with van der Waals surface area (Å²) in [6, 6.07) is 3.23. The highest BCUT2D eigenvalue weighted by Gasteiger charge is 2.11. The van der Waals surface area contributed by atoms with Crippen molar-refractivity contribution in [2.75, 3.05) is 13.7 Å². The summed E-state index contributed by atoms with van der Waals surface area (Å²) in [5.74, 6) is 1.23. The fraction of sp³-hybridized carbons (Fsp3) is 0.471. The maximum Gasteiger partial charge on any atom is 0.254 e. The predicted molar refractivity (Wildman–Crippen MR) is 89.3 cm³/mol. The summed E-state index contributed by atoms with van der Waals surface area (Å²) in [7, 11) is 1.53. The third-order valence-electron chi connectivity index (χ3n) is 3.99. The first-order valence-corrected chi connectivity index (χ1v) is 7.86. The normalized spacial score (nSPS) is 10.7. The van der Waals surface area contributed by atoms with Crippen LogP contribution in [0.1, 0.15) is 29.1 Å². The van der Waals surface area contributed by atoms with E-state index in [1.165, 1.54) is 13.2 Å². The van der Waals surface area contributed by atoms with Crippen molar-refractivity contribution in [1.29, 1.82) is 0 Å². The third kappa shape index (κ3) is 4.24. The smallest absolute Gasteiger partial charge is 0.254 e. The zero-order valence-electron chi connectivity index (χ0n) is 14.5. The molecule has 0 radical (unpaired) electrons. The number of pyridine rings is 1. The molecule has 1 amide bonds. The van der Waals surface area contributed by atoms with E-state index in [1.807, 2.05) is 20.8 Å². The monoisotopic (exact) mass is 333 g/mol. The third-order valence-corrected chi connectivity index (χ3v) is 3.99. The molecule has 7 nitrogen and oxygen atoms in total. The van der Waals surface area contributed by atoms with Gasteiger partial charge in [0.25, 0.3) is 5.56 Å². The summed E-state index contributed by atoms with van der Waals surface area (Å²) >= 11 is 0. The van der Waals surface area contributed by atoms with Crippen molar-refractivity contribution in [2.45, 2.75) is 40.2 Å². The van der Waals surface area contributed by atoms with Gasteiger partial charge in [-0.3, -0.25) is 9.59 Å². The van der Waals surface area contributed by atoms with Gasteiger partial charge in [-0.05, 0) is 33.3 Å². The Bertz CT molecular complexity index is 757. The van der Waals surface area contributed by atoms with Crippen molar-refractivity contribution in [3.8, 4) is 5.75 Å². The summed E-state index contributed by atoms with van der Waals surface area (Å²) < 4.78 is 11.8. The molecule has 0 saturated heterocycles. The Morgan fingerprint density at radius 3 is 2.67 bits per heavy atom. The Balaban J connectivity index is 1.84. The van der Waals surface area contributed by atoms with E-state index >= 15 is 0 Å². The lowest BCUT2D eigenvalue weighted by Gasteiger charge is -2.12. The van der Waals surface area contributed by atoms with Gasteiger partial charge in [0.1, 0.15) is 11.5 Å². The highest BCUT2D eigenvalue weighted by molar-refractivity contribution is 5.76. The van der Waals surface area contributed by atoms with Gasteiger partial charge in [-0.15, -0.1) is 0 Å². The zero-order valence-corrected chi connectivity index (χ0v) is 14.5. The molecule has 0 aliphatic carbocycles. The lowest BCUT2D eigenvalue weighted by Crippen LogP contribution is -2.31. The van der Waals surface area contributed by atoms with Crippen LogP contribution in [-0.4, -0.2) is 29.3 Å². The number of aromatic nitrogens is 2. The summed E-state index contributed by atoms with van der Waals surface area (Å²) in [6.45, 7) is 6.36. The Labute approximate surface area is 140 Å². The Morgan fingerprint density at radius 1 is 1.33 bits per heavy atom. The van der Waals surface area contributed by atoms with Crippen molar-refractivity contribution in [3.63, 3.8) is 0 Å². The van der Waals surface area contributed by atoms with Gasteiger partial charge in [0, 0.05) is 36.8 Å². The van der Waals surface area contributed by atoms with E-state index in [0.29, 0.717) is 31.7 Å². The van der Waals surface area contributed by atoms with E-state index in [9.17, 15) is 9.59 Å².